The number of para-hydroxylation sites is 1. The van der Waals surface area contributed by atoms with Crippen LogP contribution in [0.3, 0.4) is 0 Å². The van der Waals surface area contributed by atoms with Crippen molar-refractivity contribution in [2.75, 3.05) is 13.2 Å². The number of carbonyl (C=O) groups excluding carboxylic acids is 3. The van der Waals surface area contributed by atoms with Crippen molar-refractivity contribution in [3.8, 4) is 0 Å². The summed E-state index contributed by atoms with van der Waals surface area (Å²) in [6.07, 6.45) is 5.78. The minimum Gasteiger partial charge on any atom is -0.480 e. The largest absolute Gasteiger partial charge is 0.480 e. The topological polar surface area (TPSA) is 207 Å². The highest BCUT2D eigenvalue weighted by atomic mass is 16.4. The Kier molecular flexibility index (Phi) is 8.38. The van der Waals surface area contributed by atoms with E-state index in [0.29, 0.717) is 18.5 Å². The van der Waals surface area contributed by atoms with Crippen LogP contribution in [0.25, 0.3) is 10.9 Å². The Bertz CT molecular complexity index is 1290. The van der Waals surface area contributed by atoms with E-state index in [-0.39, 0.29) is 19.4 Å². The van der Waals surface area contributed by atoms with Gasteiger partial charge in [-0.1, -0.05) is 18.2 Å². The lowest BCUT2D eigenvalue weighted by atomic mass is 10.0. The Balaban J connectivity index is 1.52. The highest BCUT2D eigenvalue weighted by molar-refractivity contribution is 5.95. The van der Waals surface area contributed by atoms with E-state index in [4.69, 9.17) is 5.73 Å². The molecule has 3 aromatic rings. The Morgan fingerprint density at radius 3 is 2.58 bits per heavy atom. The molecule has 0 radical (unpaired) electrons. The lowest BCUT2D eigenvalue weighted by Crippen LogP contribution is -2.58. The summed E-state index contributed by atoms with van der Waals surface area (Å²) in [5.74, 6) is -3.14. The van der Waals surface area contributed by atoms with E-state index < -0.39 is 54.5 Å². The second kappa shape index (κ2) is 11.9. The molecule has 3 heterocycles. The molecule has 0 bridgehead atoms. The van der Waals surface area contributed by atoms with Crippen LogP contribution < -0.4 is 16.4 Å². The van der Waals surface area contributed by atoms with Gasteiger partial charge in [0.2, 0.25) is 17.7 Å². The first-order valence-corrected chi connectivity index (χ1v) is 12.3. The first-order chi connectivity index (χ1) is 18.3. The van der Waals surface area contributed by atoms with Crippen molar-refractivity contribution in [1.82, 2.24) is 30.5 Å². The molecule has 13 nitrogen and oxygen atoms in total. The second-order valence-electron chi connectivity index (χ2n) is 9.28. The number of aliphatic carboxylic acids is 1. The van der Waals surface area contributed by atoms with Crippen LogP contribution in [0, 0.1) is 0 Å². The predicted molar refractivity (Wildman–Crippen MR) is 136 cm³/mol. The van der Waals surface area contributed by atoms with Crippen LogP contribution >= 0.6 is 0 Å². The average molecular weight is 526 g/mol. The maximum absolute atomic E-state index is 13.4. The van der Waals surface area contributed by atoms with Gasteiger partial charge in [-0.3, -0.25) is 14.4 Å². The van der Waals surface area contributed by atoms with Gasteiger partial charge >= 0.3 is 5.97 Å². The number of fused-ring (bicyclic) bond motifs is 1. The molecule has 4 atom stereocenters. The van der Waals surface area contributed by atoms with Crippen molar-refractivity contribution < 1.29 is 29.4 Å². The number of carboxylic acid groups (broad SMARTS) is 1. The molecular weight excluding hydrogens is 494 g/mol. The third-order valence-corrected chi connectivity index (χ3v) is 6.68. The van der Waals surface area contributed by atoms with Crippen molar-refractivity contribution in [3.63, 3.8) is 0 Å². The van der Waals surface area contributed by atoms with Gasteiger partial charge in [0.25, 0.3) is 0 Å². The molecule has 1 aliphatic rings. The first kappa shape index (κ1) is 26.8. The Hall–Kier alpha value is -4.23. The molecule has 1 fully saturated rings. The number of likely N-dealkylation sites (tertiary alicyclic amines) is 1. The SMILES string of the molecule is NC(Cc1cnc[nH]1)C(=O)NC(Cc1c[nH]c2ccccc12)C(=O)NC(CO)C(=O)N1CCCC1C(=O)O. The zero-order chi connectivity index (χ0) is 27.2. The highest BCUT2D eigenvalue weighted by Gasteiger charge is 2.38. The van der Waals surface area contributed by atoms with Crippen molar-refractivity contribution in [1.29, 1.82) is 0 Å². The Morgan fingerprint density at radius 1 is 1.11 bits per heavy atom. The third kappa shape index (κ3) is 6.01. The summed E-state index contributed by atoms with van der Waals surface area (Å²) in [5.41, 5.74) is 8.32. The molecule has 3 amide bonds. The number of aromatic amines is 2. The number of aliphatic hydroxyl groups excluding tert-OH is 1. The van der Waals surface area contributed by atoms with Gasteiger partial charge in [0, 0.05) is 48.4 Å². The number of hydrogen-bond donors (Lipinski definition) is 7. The molecular formula is C25H31N7O6. The number of benzene rings is 1. The number of nitrogens with one attached hydrogen (secondary N) is 4. The van der Waals surface area contributed by atoms with Crippen LogP contribution in [0.15, 0.2) is 43.0 Å². The number of amides is 3. The molecule has 0 saturated carbocycles. The molecule has 4 unspecified atom stereocenters. The minimum absolute atomic E-state index is 0.0756. The van der Waals surface area contributed by atoms with Crippen LogP contribution in [0.2, 0.25) is 0 Å². The molecule has 8 N–H and O–H groups in total. The minimum atomic E-state index is -1.37. The maximum atomic E-state index is 13.4. The number of nitrogens with zero attached hydrogens (tertiary/aromatic N) is 2. The number of carboxylic acids is 1. The maximum Gasteiger partial charge on any atom is 0.326 e. The molecule has 4 rings (SSSR count). The monoisotopic (exact) mass is 525 g/mol. The van der Waals surface area contributed by atoms with Crippen molar-refractivity contribution in [2.45, 2.75) is 49.9 Å². The first-order valence-electron chi connectivity index (χ1n) is 12.3. The van der Waals surface area contributed by atoms with Gasteiger partial charge in [0.05, 0.1) is 19.0 Å². The van der Waals surface area contributed by atoms with Gasteiger partial charge in [0.1, 0.15) is 18.1 Å². The summed E-state index contributed by atoms with van der Waals surface area (Å²) < 4.78 is 0. The molecule has 1 saturated heterocycles. The summed E-state index contributed by atoms with van der Waals surface area (Å²) in [5, 5.41) is 25.3. The van der Waals surface area contributed by atoms with Gasteiger partial charge in [-0.2, -0.15) is 0 Å². The number of imidazole rings is 1. The number of nitrogens with two attached hydrogens (primary N) is 1. The normalized spacial score (nSPS) is 17.6. The number of carbonyl (C=O) groups is 4. The zero-order valence-electron chi connectivity index (χ0n) is 20.6. The predicted octanol–water partition coefficient (Wildman–Crippen LogP) is -0.959. The van der Waals surface area contributed by atoms with Gasteiger partial charge in [-0.05, 0) is 24.5 Å². The summed E-state index contributed by atoms with van der Waals surface area (Å²) in [4.78, 5) is 61.9. The van der Waals surface area contributed by atoms with Crippen LogP contribution in [0.4, 0.5) is 0 Å². The summed E-state index contributed by atoms with van der Waals surface area (Å²) in [7, 11) is 0. The van der Waals surface area contributed by atoms with E-state index in [9.17, 15) is 29.4 Å². The fourth-order valence-corrected chi connectivity index (χ4v) is 4.68. The molecule has 13 heteroatoms. The van der Waals surface area contributed by atoms with Crippen molar-refractivity contribution >= 4 is 34.6 Å². The standard InChI is InChI=1S/C25H31N7O6/c26-17(9-15-11-27-13-29-15)22(34)30-19(8-14-10-28-18-5-2-1-4-16(14)18)23(35)31-20(12-33)24(36)32-7-3-6-21(32)25(37)38/h1-2,4-5,10-11,13,17,19-21,28,33H,3,6-9,12,26H2,(H,27,29)(H,30,34)(H,31,35)(H,37,38). The summed E-state index contributed by atoms with van der Waals surface area (Å²) in [6, 6.07) is 2.96. The Labute approximate surface area is 217 Å². The number of hydrogen-bond acceptors (Lipinski definition) is 7. The molecule has 1 aliphatic heterocycles. The molecule has 0 aliphatic carbocycles. The van der Waals surface area contributed by atoms with Gasteiger partial charge in [0.15, 0.2) is 0 Å². The summed E-state index contributed by atoms with van der Waals surface area (Å²) in [6.45, 7) is -0.527. The van der Waals surface area contributed by atoms with Crippen LogP contribution in [0.1, 0.15) is 24.1 Å². The van der Waals surface area contributed by atoms with E-state index in [1.54, 1.807) is 12.4 Å². The molecule has 0 spiro atoms. The number of aliphatic hydroxyl groups is 1. The molecule has 202 valence electrons. The number of rotatable bonds is 11. The fraction of sp³-hybridized carbons (Fsp3) is 0.400. The van der Waals surface area contributed by atoms with Crippen LogP contribution in [-0.4, -0.2) is 91.1 Å². The lowest BCUT2D eigenvalue weighted by Gasteiger charge is -2.28. The molecule has 1 aromatic carbocycles. The quantitative estimate of drug-likeness (QED) is 0.166. The third-order valence-electron chi connectivity index (χ3n) is 6.68. The van der Waals surface area contributed by atoms with E-state index in [2.05, 4.69) is 25.6 Å². The molecule has 2 aromatic heterocycles. The highest BCUT2D eigenvalue weighted by Crippen LogP contribution is 2.20. The molecule has 38 heavy (non-hydrogen) atoms. The Morgan fingerprint density at radius 2 is 1.87 bits per heavy atom. The zero-order valence-corrected chi connectivity index (χ0v) is 20.6. The van der Waals surface area contributed by atoms with Crippen molar-refractivity contribution in [3.05, 3.63) is 54.2 Å². The number of H-pyrrole nitrogens is 2. The van der Waals surface area contributed by atoms with Crippen LogP contribution in [-0.2, 0) is 32.0 Å². The number of aromatic nitrogens is 3. The van der Waals surface area contributed by atoms with Gasteiger partial charge < -0.3 is 41.4 Å². The van der Waals surface area contributed by atoms with Crippen molar-refractivity contribution in [2.24, 2.45) is 5.73 Å². The lowest BCUT2D eigenvalue weighted by molar-refractivity contribution is -0.150. The van der Waals surface area contributed by atoms with Gasteiger partial charge in [-0.15, -0.1) is 0 Å². The van der Waals surface area contributed by atoms with E-state index in [0.717, 1.165) is 21.4 Å². The van der Waals surface area contributed by atoms with E-state index >= 15 is 0 Å². The fourth-order valence-electron chi connectivity index (χ4n) is 4.68. The average Bonchev–Trinajstić information content (AvgIpc) is 3.67. The van der Waals surface area contributed by atoms with E-state index in [1.165, 1.54) is 6.33 Å². The van der Waals surface area contributed by atoms with Crippen LogP contribution in [0.5, 0.6) is 0 Å². The van der Waals surface area contributed by atoms with Gasteiger partial charge in [-0.25, -0.2) is 9.78 Å². The van der Waals surface area contributed by atoms with E-state index in [1.807, 2.05) is 24.3 Å². The second-order valence-corrected chi connectivity index (χ2v) is 9.28. The summed E-state index contributed by atoms with van der Waals surface area (Å²) >= 11 is 0. The smallest absolute Gasteiger partial charge is 0.326 e.